The van der Waals surface area contributed by atoms with Gasteiger partial charge in [-0.15, -0.1) is 0 Å². The number of hydrogen-bond acceptors (Lipinski definition) is 4. The molecule has 0 radical (unpaired) electrons. The molecule has 0 aliphatic rings. The highest BCUT2D eigenvalue weighted by Gasteiger charge is 2.19. The summed E-state index contributed by atoms with van der Waals surface area (Å²) in [5, 5.41) is 17.7. The first-order chi connectivity index (χ1) is 12.5. The van der Waals surface area contributed by atoms with Crippen molar-refractivity contribution in [3.8, 4) is 0 Å². The van der Waals surface area contributed by atoms with Gasteiger partial charge in [0.15, 0.2) is 5.65 Å². The minimum Gasteiger partial charge on any atom is -0.396 e. The van der Waals surface area contributed by atoms with Crippen LogP contribution < -0.4 is 5.32 Å². The van der Waals surface area contributed by atoms with Gasteiger partial charge >= 0.3 is 0 Å². The number of fused-ring (bicyclic) bond motifs is 1. The van der Waals surface area contributed by atoms with Gasteiger partial charge in [0.1, 0.15) is 0 Å². The molecule has 0 bridgehead atoms. The SMILES string of the molecule is Cc1nn(CCCCO)c2ncc(C(=O)Nc3ccc(Cl)cc3)c(Cl)c12. The number of unbranched alkanes of at least 4 members (excludes halogenated alkanes) is 1. The van der Waals surface area contributed by atoms with E-state index >= 15 is 0 Å². The van der Waals surface area contributed by atoms with Crippen LogP contribution in [0.2, 0.25) is 10.0 Å². The molecule has 1 amide bonds. The minimum atomic E-state index is -0.348. The van der Waals surface area contributed by atoms with E-state index in [4.69, 9.17) is 28.3 Å². The number of carbonyl (C=O) groups excluding carboxylic acids is 1. The molecular formula is C18H18Cl2N4O2. The number of aliphatic hydroxyl groups excluding tert-OH is 1. The van der Waals surface area contributed by atoms with Crippen LogP contribution in [0, 0.1) is 6.92 Å². The quantitative estimate of drug-likeness (QED) is 0.619. The van der Waals surface area contributed by atoms with E-state index in [0.717, 1.165) is 6.42 Å². The lowest BCUT2D eigenvalue weighted by atomic mass is 10.2. The Balaban J connectivity index is 1.90. The smallest absolute Gasteiger partial charge is 0.258 e. The molecule has 0 unspecified atom stereocenters. The van der Waals surface area contributed by atoms with Gasteiger partial charge in [-0.25, -0.2) is 9.67 Å². The molecule has 0 aliphatic carbocycles. The lowest BCUT2D eigenvalue weighted by Gasteiger charge is -2.08. The lowest BCUT2D eigenvalue weighted by molar-refractivity contribution is 0.102. The van der Waals surface area contributed by atoms with Gasteiger partial charge in [0, 0.05) is 30.1 Å². The number of amides is 1. The fraction of sp³-hybridized carbons (Fsp3) is 0.278. The molecule has 2 aromatic heterocycles. The number of aromatic nitrogens is 3. The standard InChI is InChI=1S/C18H18Cl2N4O2/c1-11-15-16(20)14(18(26)22-13-6-4-12(19)5-7-13)10-21-17(15)24(23-11)8-2-3-9-25/h4-7,10,25H,2-3,8-9H2,1H3,(H,22,26). The van der Waals surface area contributed by atoms with Crippen molar-refractivity contribution in [2.24, 2.45) is 0 Å². The van der Waals surface area contributed by atoms with Crippen molar-refractivity contribution in [2.75, 3.05) is 11.9 Å². The Hall–Kier alpha value is -2.15. The van der Waals surface area contributed by atoms with Crippen LogP contribution in [0.1, 0.15) is 28.9 Å². The Labute approximate surface area is 160 Å². The van der Waals surface area contributed by atoms with E-state index in [9.17, 15) is 4.79 Å². The van der Waals surface area contributed by atoms with Gasteiger partial charge < -0.3 is 10.4 Å². The highest BCUT2D eigenvalue weighted by molar-refractivity contribution is 6.39. The van der Waals surface area contributed by atoms with Gasteiger partial charge in [0.2, 0.25) is 0 Å². The molecule has 3 aromatic rings. The number of halogens is 2. The van der Waals surface area contributed by atoms with Crippen LogP contribution in [-0.2, 0) is 6.54 Å². The molecule has 8 heteroatoms. The number of aliphatic hydroxyl groups is 1. The molecule has 1 aromatic carbocycles. The second-order valence-electron chi connectivity index (χ2n) is 5.88. The van der Waals surface area contributed by atoms with Crippen molar-refractivity contribution in [3.05, 3.63) is 51.8 Å². The molecule has 0 saturated heterocycles. The average Bonchev–Trinajstić information content (AvgIpc) is 2.94. The first-order valence-electron chi connectivity index (χ1n) is 8.20. The maximum atomic E-state index is 12.6. The van der Waals surface area contributed by atoms with E-state index in [0.29, 0.717) is 45.4 Å². The summed E-state index contributed by atoms with van der Waals surface area (Å²) in [4.78, 5) is 17.0. The highest BCUT2D eigenvalue weighted by atomic mass is 35.5. The monoisotopic (exact) mass is 392 g/mol. The minimum absolute atomic E-state index is 0.140. The van der Waals surface area contributed by atoms with Crippen molar-refractivity contribution in [2.45, 2.75) is 26.3 Å². The number of carbonyl (C=O) groups is 1. The summed E-state index contributed by atoms with van der Waals surface area (Å²) in [7, 11) is 0. The topological polar surface area (TPSA) is 80.0 Å². The van der Waals surface area contributed by atoms with Gasteiger partial charge in [-0.3, -0.25) is 4.79 Å². The van der Waals surface area contributed by atoms with Gasteiger partial charge in [-0.1, -0.05) is 23.2 Å². The number of nitrogens with one attached hydrogen (secondary N) is 1. The third kappa shape index (κ3) is 3.82. The fourth-order valence-electron chi connectivity index (χ4n) is 2.69. The van der Waals surface area contributed by atoms with E-state index in [1.54, 1.807) is 28.9 Å². The zero-order valence-electron chi connectivity index (χ0n) is 14.2. The zero-order chi connectivity index (χ0) is 18.7. The van der Waals surface area contributed by atoms with Gasteiger partial charge in [0.05, 0.1) is 21.7 Å². The van der Waals surface area contributed by atoms with Crippen LogP contribution in [0.3, 0.4) is 0 Å². The summed E-state index contributed by atoms with van der Waals surface area (Å²) in [5.41, 5.74) is 2.25. The normalized spacial score (nSPS) is 11.1. The molecule has 2 heterocycles. The summed E-state index contributed by atoms with van der Waals surface area (Å²) >= 11 is 12.3. The maximum Gasteiger partial charge on any atom is 0.258 e. The first kappa shape index (κ1) is 18.6. The van der Waals surface area contributed by atoms with E-state index in [1.807, 2.05) is 6.92 Å². The summed E-state index contributed by atoms with van der Waals surface area (Å²) in [5.74, 6) is -0.348. The molecule has 0 atom stereocenters. The van der Waals surface area contributed by atoms with Crippen molar-refractivity contribution < 1.29 is 9.90 Å². The van der Waals surface area contributed by atoms with E-state index in [1.165, 1.54) is 6.20 Å². The first-order valence-corrected chi connectivity index (χ1v) is 8.96. The Bertz CT molecular complexity index is 939. The van der Waals surface area contributed by atoms with Crippen molar-refractivity contribution in [1.82, 2.24) is 14.8 Å². The number of pyridine rings is 1. The fourth-order valence-corrected chi connectivity index (χ4v) is 3.18. The molecule has 2 N–H and O–H groups in total. The summed E-state index contributed by atoms with van der Waals surface area (Å²) in [6.45, 7) is 2.60. The highest BCUT2D eigenvalue weighted by Crippen LogP contribution is 2.29. The Morgan fingerprint density at radius 2 is 1.96 bits per heavy atom. The molecule has 0 spiro atoms. The van der Waals surface area contributed by atoms with Crippen molar-refractivity contribution in [3.63, 3.8) is 0 Å². The van der Waals surface area contributed by atoms with Crippen LogP contribution in [0.15, 0.2) is 30.5 Å². The number of rotatable bonds is 6. The average molecular weight is 393 g/mol. The Morgan fingerprint density at radius 1 is 1.23 bits per heavy atom. The second-order valence-corrected chi connectivity index (χ2v) is 6.70. The summed E-state index contributed by atoms with van der Waals surface area (Å²) in [6.07, 6.45) is 2.93. The van der Waals surface area contributed by atoms with Gasteiger partial charge in [0.25, 0.3) is 5.91 Å². The largest absolute Gasteiger partial charge is 0.396 e. The predicted octanol–water partition coefficient (Wildman–Crippen LogP) is 4.07. The van der Waals surface area contributed by atoms with Crippen LogP contribution in [0.4, 0.5) is 5.69 Å². The Morgan fingerprint density at radius 3 is 2.65 bits per heavy atom. The number of anilines is 1. The second kappa shape index (κ2) is 8.03. The van der Waals surface area contributed by atoms with E-state index in [-0.39, 0.29) is 18.1 Å². The summed E-state index contributed by atoms with van der Waals surface area (Å²) in [6, 6.07) is 6.82. The third-order valence-corrected chi connectivity index (χ3v) is 4.64. The van der Waals surface area contributed by atoms with Crippen LogP contribution >= 0.6 is 23.2 Å². The maximum absolute atomic E-state index is 12.6. The molecule has 26 heavy (non-hydrogen) atoms. The van der Waals surface area contributed by atoms with Gasteiger partial charge in [-0.2, -0.15) is 5.10 Å². The van der Waals surface area contributed by atoms with Crippen molar-refractivity contribution >= 4 is 45.8 Å². The van der Waals surface area contributed by atoms with Crippen molar-refractivity contribution in [1.29, 1.82) is 0 Å². The van der Waals surface area contributed by atoms with Crippen LogP contribution in [0.25, 0.3) is 11.0 Å². The number of benzene rings is 1. The molecule has 3 rings (SSSR count). The number of nitrogens with zero attached hydrogens (tertiary/aromatic N) is 3. The molecule has 136 valence electrons. The lowest BCUT2D eigenvalue weighted by Crippen LogP contribution is -2.13. The Kier molecular flexibility index (Phi) is 5.76. The molecule has 0 aliphatic heterocycles. The summed E-state index contributed by atoms with van der Waals surface area (Å²) < 4.78 is 1.76. The zero-order valence-corrected chi connectivity index (χ0v) is 15.7. The molecule has 0 saturated carbocycles. The predicted molar refractivity (Wildman–Crippen MR) is 103 cm³/mol. The molecular weight excluding hydrogens is 375 g/mol. The third-order valence-electron chi connectivity index (χ3n) is 4.00. The van der Waals surface area contributed by atoms with Gasteiger partial charge in [-0.05, 0) is 44.0 Å². The molecule has 6 nitrogen and oxygen atoms in total. The van der Waals surface area contributed by atoms with E-state index < -0.39 is 0 Å². The van der Waals surface area contributed by atoms with E-state index in [2.05, 4.69) is 15.4 Å². The molecule has 0 fully saturated rings. The number of hydrogen-bond donors (Lipinski definition) is 2. The van der Waals surface area contributed by atoms with Crippen LogP contribution in [0.5, 0.6) is 0 Å². The van der Waals surface area contributed by atoms with Crippen LogP contribution in [-0.4, -0.2) is 32.4 Å². The number of aryl methyl sites for hydroxylation is 2.